The molecule has 1 atom stereocenters. The molecule has 0 unspecified atom stereocenters. The minimum absolute atomic E-state index is 0.0126. The fourth-order valence-electron chi connectivity index (χ4n) is 4.92. The highest BCUT2D eigenvalue weighted by molar-refractivity contribution is 7.71. The van der Waals surface area contributed by atoms with Gasteiger partial charge in [0.1, 0.15) is 5.75 Å². The van der Waals surface area contributed by atoms with Crippen molar-refractivity contribution < 1.29 is 9.90 Å². The molecule has 5 aromatic carbocycles. The number of benzene rings is 5. The topological polar surface area (TPSA) is 72.4 Å². The van der Waals surface area contributed by atoms with Crippen LogP contribution >= 0.6 is 12.2 Å². The van der Waals surface area contributed by atoms with E-state index in [1.165, 1.54) is 0 Å². The van der Waals surface area contributed by atoms with E-state index in [2.05, 4.69) is 0 Å². The van der Waals surface area contributed by atoms with Crippen molar-refractivity contribution in [1.82, 2.24) is 14.5 Å². The molecule has 7 heteroatoms. The number of ketones is 1. The number of carbonyl (C=O) groups excluding carboxylic acids is 1. The Morgan fingerprint density at radius 3 is 2.20 bits per heavy atom. The van der Waals surface area contributed by atoms with E-state index >= 15 is 0 Å². The summed E-state index contributed by atoms with van der Waals surface area (Å²) >= 11 is 5.98. The average molecular weight is 555 g/mol. The van der Waals surface area contributed by atoms with E-state index < -0.39 is 6.04 Å². The van der Waals surface area contributed by atoms with Crippen LogP contribution in [0.5, 0.6) is 5.75 Å². The van der Waals surface area contributed by atoms with Gasteiger partial charge >= 0.3 is 0 Å². The van der Waals surface area contributed by atoms with Crippen LogP contribution in [0.15, 0.2) is 132 Å². The molecule has 1 heterocycles. The standard InChI is InChI=1S/C34H26N4O2S/c39-31-21-20-24-12-10-11-19-28(24)29(31)23-35-38-33(27-17-8-3-9-18-27)36-37(34(38)41)30(25-13-4-1-5-14-25)22-32(40)26-15-6-2-7-16-26/h1-21,23,30,39H,22H2/b35-23+/t30-/m0/s1. The number of fused-ring (bicyclic) bond motifs is 1. The number of aromatic nitrogens is 3. The van der Waals surface area contributed by atoms with Crippen LogP contribution in [0.25, 0.3) is 22.2 Å². The van der Waals surface area contributed by atoms with Gasteiger partial charge in [-0.2, -0.15) is 9.78 Å². The van der Waals surface area contributed by atoms with E-state index in [-0.39, 0.29) is 18.0 Å². The van der Waals surface area contributed by atoms with E-state index in [0.717, 1.165) is 21.9 Å². The molecule has 200 valence electrons. The number of aromatic hydroxyl groups is 1. The third-order valence-corrected chi connectivity index (χ3v) is 7.38. The van der Waals surface area contributed by atoms with Crippen LogP contribution in [0.2, 0.25) is 0 Å². The summed E-state index contributed by atoms with van der Waals surface area (Å²) < 4.78 is 3.62. The summed E-state index contributed by atoms with van der Waals surface area (Å²) in [6.45, 7) is 0. The Bertz CT molecular complexity index is 1910. The monoisotopic (exact) mass is 554 g/mol. The molecule has 6 rings (SSSR count). The molecule has 0 spiro atoms. The number of hydrogen-bond acceptors (Lipinski definition) is 5. The van der Waals surface area contributed by atoms with Gasteiger partial charge in [-0.3, -0.25) is 4.79 Å². The lowest BCUT2D eigenvalue weighted by Crippen LogP contribution is -2.17. The van der Waals surface area contributed by atoms with Gasteiger partial charge in [0.05, 0.1) is 12.3 Å². The predicted octanol–water partition coefficient (Wildman–Crippen LogP) is 7.68. The summed E-state index contributed by atoms with van der Waals surface area (Å²) in [5, 5.41) is 22.3. The van der Waals surface area contributed by atoms with Crippen molar-refractivity contribution in [2.24, 2.45) is 5.10 Å². The molecule has 0 aliphatic heterocycles. The van der Waals surface area contributed by atoms with Crippen molar-refractivity contribution in [1.29, 1.82) is 0 Å². The Kier molecular flexibility index (Phi) is 7.34. The molecule has 0 fully saturated rings. The number of hydrogen-bond donors (Lipinski definition) is 1. The Morgan fingerprint density at radius 1 is 0.829 bits per heavy atom. The van der Waals surface area contributed by atoms with Crippen molar-refractivity contribution in [2.75, 3.05) is 0 Å². The smallest absolute Gasteiger partial charge is 0.220 e. The molecule has 0 radical (unpaired) electrons. The van der Waals surface area contributed by atoms with Crippen LogP contribution in [0.4, 0.5) is 0 Å². The average Bonchev–Trinajstić information content (AvgIpc) is 3.36. The van der Waals surface area contributed by atoms with E-state index in [1.807, 2.05) is 121 Å². The quantitative estimate of drug-likeness (QED) is 0.119. The first-order chi connectivity index (χ1) is 20.1. The maximum absolute atomic E-state index is 13.4. The van der Waals surface area contributed by atoms with Gasteiger partial charge in [-0.1, -0.05) is 121 Å². The first kappa shape index (κ1) is 26.1. The SMILES string of the molecule is O=C(C[C@@H](c1ccccc1)n1nc(-c2ccccc2)n(/N=C/c2c(O)ccc3ccccc23)c1=S)c1ccccc1. The highest BCUT2D eigenvalue weighted by Gasteiger charge is 2.24. The van der Waals surface area contributed by atoms with Crippen molar-refractivity contribution in [2.45, 2.75) is 12.5 Å². The van der Waals surface area contributed by atoms with Crippen LogP contribution in [0.1, 0.15) is 33.9 Å². The minimum atomic E-state index is -0.457. The fourth-order valence-corrected chi connectivity index (χ4v) is 5.22. The molecule has 41 heavy (non-hydrogen) atoms. The number of rotatable bonds is 8. The Balaban J connectivity index is 1.50. The highest BCUT2D eigenvalue weighted by Crippen LogP contribution is 2.29. The van der Waals surface area contributed by atoms with Crippen LogP contribution in [0, 0.1) is 4.77 Å². The summed E-state index contributed by atoms with van der Waals surface area (Å²) in [5.74, 6) is 0.629. The van der Waals surface area contributed by atoms with Gasteiger partial charge in [-0.25, -0.2) is 4.68 Å². The summed E-state index contributed by atoms with van der Waals surface area (Å²) in [7, 11) is 0. The molecular weight excluding hydrogens is 528 g/mol. The molecule has 0 amide bonds. The molecule has 0 aliphatic rings. The van der Waals surface area contributed by atoms with Gasteiger partial charge in [-0.15, -0.1) is 5.10 Å². The van der Waals surface area contributed by atoms with E-state index in [0.29, 0.717) is 21.7 Å². The predicted molar refractivity (Wildman–Crippen MR) is 165 cm³/mol. The van der Waals surface area contributed by atoms with Crippen molar-refractivity contribution >= 4 is 35.0 Å². The third-order valence-electron chi connectivity index (χ3n) is 7.02. The van der Waals surface area contributed by atoms with Crippen LogP contribution in [-0.2, 0) is 0 Å². The van der Waals surface area contributed by atoms with E-state index in [9.17, 15) is 9.90 Å². The molecule has 1 N–H and O–H groups in total. The zero-order valence-corrected chi connectivity index (χ0v) is 22.9. The normalized spacial score (nSPS) is 12.1. The minimum Gasteiger partial charge on any atom is -0.507 e. The van der Waals surface area contributed by atoms with Crippen LogP contribution in [-0.4, -0.2) is 31.6 Å². The molecule has 6 nitrogen and oxygen atoms in total. The lowest BCUT2D eigenvalue weighted by molar-refractivity contribution is 0.0967. The van der Waals surface area contributed by atoms with E-state index in [1.54, 1.807) is 21.6 Å². The number of nitrogens with zero attached hydrogens (tertiary/aromatic N) is 4. The maximum atomic E-state index is 13.4. The first-order valence-corrected chi connectivity index (χ1v) is 13.7. The van der Waals surface area contributed by atoms with Gasteiger partial charge in [-0.05, 0) is 34.6 Å². The van der Waals surface area contributed by atoms with Gasteiger partial charge in [0.2, 0.25) is 4.77 Å². The highest BCUT2D eigenvalue weighted by atomic mass is 32.1. The second-order valence-electron chi connectivity index (χ2n) is 9.61. The zero-order valence-electron chi connectivity index (χ0n) is 22.0. The lowest BCUT2D eigenvalue weighted by Gasteiger charge is -2.17. The number of phenolic OH excluding ortho intramolecular Hbond substituents is 1. The summed E-state index contributed by atoms with van der Waals surface area (Å²) in [4.78, 5) is 13.4. The van der Waals surface area contributed by atoms with Gasteiger partial charge < -0.3 is 5.11 Å². The number of phenols is 1. The van der Waals surface area contributed by atoms with Crippen molar-refractivity contribution in [3.63, 3.8) is 0 Å². The van der Waals surface area contributed by atoms with Crippen molar-refractivity contribution in [3.05, 3.63) is 149 Å². The number of Topliss-reactive ketones (excluding diaryl/α,β-unsaturated/α-hetero) is 1. The largest absolute Gasteiger partial charge is 0.507 e. The summed E-state index contributed by atoms with van der Waals surface area (Å²) in [6.07, 6.45) is 1.78. The summed E-state index contributed by atoms with van der Waals surface area (Å²) in [6, 6.07) is 39.5. The molecule has 0 saturated heterocycles. The van der Waals surface area contributed by atoms with Crippen LogP contribution < -0.4 is 0 Å². The number of carbonyl (C=O) groups is 1. The Morgan fingerprint density at radius 2 is 1.46 bits per heavy atom. The Labute approximate surface area is 242 Å². The maximum Gasteiger partial charge on any atom is 0.220 e. The first-order valence-electron chi connectivity index (χ1n) is 13.3. The second kappa shape index (κ2) is 11.5. The van der Waals surface area contributed by atoms with Gasteiger partial charge in [0, 0.05) is 23.1 Å². The van der Waals surface area contributed by atoms with Crippen LogP contribution in [0.3, 0.4) is 0 Å². The second-order valence-corrected chi connectivity index (χ2v) is 9.98. The molecule has 0 aliphatic carbocycles. The molecule has 6 aromatic rings. The third kappa shape index (κ3) is 5.35. The fraction of sp³-hybridized carbons (Fsp3) is 0.0588. The van der Waals surface area contributed by atoms with Crippen molar-refractivity contribution in [3.8, 4) is 17.1 Å². The zero-order chi connectivity index (χ0) is 28.2. The van der Waals surface area contributed by atoms with Gasteiger partial charge in [0.15, 0.2) is 11.6 Å². The summed E-state index contributed by atoms with van der Waals surface area (Å²) in [5.41, 5.74) is 2.94. The van der Waals surface area contributed by atoms with Gasteiger partial charge in [0.25, 0.3) is 0 Å². The van der Waals surface area contributed by atoms with E-state index in [4.69, 9.17) is 22.4 Å². The Hall–Kier alpha value is -5.14. The molecule has 1 aromatic heterocycles. The molecule has 0 bridgehead atoms. The lowest BCUT2D eigenvalue weighted by atomic mass is 9.98. The molecular formula is C34H26N4O2S. The molecule has 0 saturated carbocycles.